The third kappa shape index (κ3) is 3.18. The largest absolute Gasteiger partial charge is 0.486 e. The van der Waals surface area contributed by atoms with E-state index in [9.17, 15) is 4.39 Å². The molecule has 0 amide bonds. The number of ether oxygens (including phenoxy) is 1. The highest BCUT2D eigenvalue weighted by Gasteiger charge is 2.14. The van der Waals surface area contributed by atoms with Crippen molar-refractivity contribution in [3.05, 3.63) is 29.6 Å². The van der Waals surface area contributed by atoms with E-state index < -0.39 is 6.10 Å². The molecule has 1 aromatic carbocycles. The molecule has 0 aliphatic carbocycles. The third-order valence-electron chi connectivity index (χ3n) is 2.18. The first-order valence-electron chi connectivity index (χ1n) is 4.84. The Balaban J connectivity index is 2.75. The van der Waals surface area contributed by atoms with E-state index in [-0.39, 0.29) is 18.5 Å². The van der Waals surface area contributed by atoms with Crippen LogP contribution >= 0.6 is 0 Å². The summed E-state index contributed by atoms with van der Waals surface area (Å²) in [5.74, 6) is 0.244. The maximum atomic E-state index is 12.9. The van der Waals surface area contributed by atoms with Crippen molar-refractivity contribution in [2.75, 3.05) is 6.61 Å². The predicted octanol–water partition coefficient (Wildman–Crippen LogP) is 1.22. The van der Waals surface area contributed by atoms with Gasteiger partial charge in [0.25, 0.3) is 0 Å². The number of hydrogen-bond donors (Lipinski definition) is 2. The molecule has 3 N–H and O–H groups in total. The van der Waals surface area contributed by atoms with Crippen LogP contribution in [0.3, 0.4) is 0 Å². The monoisotopic (exact) mass is 213 g/mol. The fourth-order valence-electron chi connectivity index (χ4n) is 1.18. The number of nitrogens with two attached hydrogens (primary N) is 1. The summed E-state index contributed by atoms with van der Waals surface area (Å²) in [4.78, 5) is 0. The van der Waals surface area contributed by atoms with Gasteiger partial charge >= 0.3 is 0 Å². The van der Waals surface area contributed by atoms with Gasteiger partial charge in [-0.1, -0.05) is 0 Å². The standard InChI is InChI=1S/C11H16FNO2/c1-7-5-9(3-4-10(7)12)15-11(6-14)8(2)13/h3-5,8,11,14H,6,13H2,1-2H3. The summed E-state index contributed by atoms with van der Waals surface area (Å²) in [6, 6.07) is 4.16. The lowest BCUT2D eigenvalue weighted by Gasteiger charge is -2.20. The van der Waals surface area contributed by atoms with Crippen molar-refractivity contribution in [2.24, 2.45) is 5.73 Å². The number of aliphatic hydroxyl groups is 1. The van der Waals surface area contributed by atoms with Crippen molar-refractivity contribution < 1.29 is 14.2 Å². The van der Waals surface area contributed by atoms with E-state index in [1.807, 2.05) is 0 Å². The minimum absolute atomic E-state index is 0.159. The summed E-state index contributed by atoms with van der Waals surface area (Å²) in [5.41, 5.74) is 6.11. The van der Waals surface area contributed by atoms with Crippen LogP contribution < -0.4 is 10.5 Å². The van der Waals surface area contributed by atoms with E-state index >= 15 is 0 Å². The molecule has 0 spiro atoms. The van der Waals surface area contributed by atoms with Crippen LogP contribution in [0.25, 0.3) is 0 Å². The van der Waals surface area contributed by atoms with Gasteiger partial charge < -0.3 is 15.6 Å². The first-order chi connectivity index (χ1) is 7.04. The van der Waals surface area contributed by atoms with Crippen LogP contribution in [0.15, 0.2) is 18.2 Å². The molecule has 4 heteroatoms. The normalized spacial score (nSPS) is 14.7. The summed E-state index contributed by atoms with van der Waals surface area (Å²) in [6.45, 7) is 3.24. The van der Waals surface area contributed by atoms with Gasteiger partial charge in [-0.05, 0) is 37.6 Å². The molecule has 0 saturated carbocycles. The molecule has 0 aliphatic heterocycles. The molecular formula is C11H16FNO2. The number of hydrogen-bond acceptors (Lipinski definition) is 3. The van der Waals surface area contributed by atoms with Crippen molar-refractivity contribution in [2.45, 2.75) is 26.0 Å². The molecular weight excluding hydrogens is 197 g/mol. The average molecular weight is 213 g/mol. The third-order valence-corrected chi connectivity index (χ3v) is 2.18. The Labute approximate surface area is 88.7 Å². The second kappa shape index (κ2) is 5.09. The molecule has 1 rings (SSSR count). The number of rotatable bonds is 4. The lowest BCUT2D eigenvalue weighted by molar-refractivity contribution is 0.0989. The van der Waals surface area contributed by atoms with Gasteiger partial charge in [0, 0.05) is 6.04 Å². The van der Waals surface area contributed by atoms with Crippen LogP contribution in [0.4, 0.5) is 4.39 Å². The van der Waals surface area contributed by atoms with E-state index in [2.05, 4.69) is 0 Å². The molecule has 0 heterocycles. The van der Waals surface area contributed by atoms with Crippen LogP contribution in [0.2, 0.25) is 0 Å². The van der Waals surface area contributed by atoms with Crippen molar-refractivity contribution in [1.82, 2.24) is 0 Å². The minimum atomic E-state index is -0.463. The van der Waals surface area contributed by atoms with Crippen molar-refractivity contribution in [3.8, 4) is 5.75 Å². The zero-order chi connectivity index (χ0) is 11.4. The zero-order valence-corrected chi connectivity index (χ0v) is 8.90. The van der Waals surface area contributed by atoms with Gasteiger partial charge in [-0.2, -0.15) is 0 Å². The molecule has 2 atom stereocenters. The lowest BCUT2D eigenvalue weighted by atomic mass is 10.2. The highest BCUT2D eigenvalue weighted by atomic mass is 19.1. The van der Waals surface area contributed by atoms with Gasteiger partial charge in [-0.15, -0.1) is 0 Å². The highest BCUT2D eigenvalue weighted by molar-refractivity contribution is 5.29. The number of aryl methyl sites for hydroxylation is 1. The molecule has 84 valence electrons. The van der Waals surface area contributed by atoms with Crippen LogP contribution in [-0.4, -0.2) is 23.9 Å². The molecule has 15 heavy (non-hydrogen) atoms. The summed E-state index contributed by atoms with van der Waals surface area (Å²) in [6.07, 6.45) is -0.463. The van der Waals surface area contributed by atoms with Crippen molar-refractivity contribution in [3.63, 3.8) is 0 Å². The predicted molar refractivity (Wildman–Crippen MR) is 56.3 cm³/mol. The molecule has 3 nitrogen and oxygen atoms in total. The van der Waals surface area contributed by atoms with Crippen LogP contribution in [-0.2, 0) is 0 Å². The molecule has 0 aliphatic rings. The van der Waals surface area contributed by atoms with Gasteiger partial charge in [0.05, 0.1) is 6.61 Å². The smallest absolute Gasteiger partial charge is 0.136 e. The van der Waals surface area contributed by atoms with Crippen LogP contribution in [0, 0.1) is 12.7 Å². The van der Waals surface area contributed by atoms with Crippen LogP contribution in [0.1, 0.15) is 12.5 Å². The Kier molecular flexibility index (Phi) is 4.05. The second-order valence-corrected chi connectivity index (χ2v) is 3.61. The molecule has 0 saturated heterocycles. The SMILES string of the molecule is Cc1cc(OC(CO)C(C)N)ccc1F. The summed E-state index contributed by atoms with van der Waals surface area (Å²) in [5, 5.41) is 9.00. The van der Waals surface area contributed by atoms with Gasteiger partial charge in [0.1, 0.15) is 17.7 Å². The number of aliphatic hydroxyl groups excluding tert-OH is 1. The van der Waals surface area contributed by atoms with E-state index in [0.717, 1.165) is 0 Å². The molecule has 0 bridgehead atoms. The molecule has 0 aromatic heterocycles. The topological polar surface area (TPSA) is 55.5 Å². The van der Waals surface area contributed by atoms with Gasteiger partial charge in [0.15, 0.2) is 0 Å². The van der Waals surface area contributed by atoms with Gasteiger partial charge in [-0.25, -0.2) is 4.39 Å². The van der Waals surface area contributed by atoms with E-state index in [4.69, 9.17) is 15.6 Å². The maximum Gasteiger partial charge on any atom is 0.136 e. The first-order valence-corrected chi connectivity index (χ1v) is 4.84. The minimum Gasteiger partial charge on any atom is -0.486 e. The maximum absolute atomic E-state index is 12.9. The average Bonchev–Trinajstić information content (AvgIpc) is 2.19. The fraction of sp³-hybridized carbons (Fsp3) is 0.455. The van der Waals surface area contributed by atoms with Crippen molar-refractivity contribution in [1.29, 1.82) is 0 Å². The molecule has 2 unspecified atom stereocenters. The van der Waals surface area contributed by atoms with E-state index in [1.54, 1.807) is 19.9 Å². The fourth-order valence-corrected chi connectivity index (χ4v) is 1.18. The second-order valence-electron chi connectivity index (χ2n) is 3.61. The molecule has 0 fully saturated rings. The number of benzene rings is 1. The molecule has 0 radical (unpaired) electrons. The summed E-state index contributed by atoms with van der Waals surface area (Å²) < 4.78 is 18.4. The van der Waals surface area contributed by atoms with E-state index in [0.29, 0.717) is 11.3 Å². The van der Waals surface area contributed by atoms with Crippen LogP contribution in [0.5, 0.6) is 5.75 Å². The lowest BCUT2D eigenvalue weighted by Crippen LogP contribution is -2.39. The zero-order valence-electron chi connectivity index (χ0n) is 8.90. The van der Waals surface area contributed by atoms with Gasteiger partial charge in [0.2, 0.25) is 0 Å². The van der Waals surface area contributed by atoms with E-state index in [1.165, 1.54) is 12.1 Å². The number of halogens is 1. The summed E-state index contributed by atoms with van der Waals surface area (Å²) in [7, 11) is 0. The Bertz CT molecular complexity index is 328. The van der Waals surface area contributed by atoms with Gasteiger partial charge in [-0.3, -0.25) is 0 Å². The Morgan fingerprint density at radius 3 is 2.67 bits per heavy atom. The summed E-state index contributed by atoms with van der Waals surface area (Å²) >= 11 is 0. The Hall–Kier alpha value is -1.13. The quantitative estimate of drug-likeness (QED) is 0.790. The highest BCUT2D eigenvalue weighted by Crippen LogP contribution is 2.17. The van der Waals surface area contributed by atoms with Crippen molar-refractivity contribution >= 4 is 0 Å². The first kappa shape index (κ1) is 11.9. The Morgan fingerprint density at radius 1 is 1.53 bits per heavy atom. The Morgan fingerprint density at radius 2 is 2.20 bits per heavy atom. The molecule has 1 aromatic rings.